The Morgan fingerprint density at radius 2 is 1.76 bits per heavy atom. The van der Waals surface area contributed by atoms with Gasteiger partial charge in [0.1, 0.15) is 5.82 Å². The third-order valence-corrected chi connectivity index (χ3v) is 6.96. The van der Waals surface area contributed by atoms with Crippen LogP contribution in [0.5, 0.6) is 0 Å². The van der Waals surface area contributed by atoms with E-state index in [4.69, 9.17) is 14.7 Å². The van der Waals surface area contributed by atoms with E-state index in [9.17, 15) is 13.6 Å². The minimum Gasteiger partial charge on any atom is -0.383 e. The van der Waals surface area contributed by atoms with E-state index in [1.165, 1.54) is 12.1 Å². The van der Waals surface area contributed by atoms with Crippen LogP contribution in [0.2, 0.25) is 0 Å². The van der Waals surface area contributed by atoms with Crippen molar-refractivity contribution in [2.45, 2.75) is 13.0 Å². The Hall–Kier alpha value is -5.09. The van der Waals surface area contributed by atoms with Gasteiger partial charge in [0.15, 0.2) is 11.6 Å². The average molecular weight is 616 g/mol. The molecule has 10 nitrogen and oxygen atoms in total. The van der Waals surface area contributed by atoms with Crippen LogP contribution in [0.15, 0.2) is 79.0 Å². The molecule has 1 aliphatic heterocycles. The van der Waals surface area contributed by atoms with Gasteiger partial charge in [0, 0.05) is 43.8 Å². The van der Waals surface area contributed by atoms with Gasteiger partial charge >= 0.3 is 6.03 Å². The SMILES string of the molecule is C#C.COCCN1C[C@@H](NC(=O)Nc2c(C)c(-c3ccc4c(cnn4C)c3)nn2-c2ccccc2)CO1.Fc1ccccc1F. The number of fused-ring (bicyclic) bond motifs is 1. The second kappa shape index (κ2) is 15.6. The van der Waals surface area contributed by atoms with Crippen LogP contribution in [-0.4, -0.2) is 70.1 Å². The number of halogens is 2. The van der Waals surface area contributed by atoms with Crippen molar-refractivity contribution in [1.82, 2.24) is 29.9 Å². The number of amides is 2. The van der Waals surface area contributed by atoms with Crippen LogP contribution in [-0.2, 0) is 16.6 Å². The second-order valence-corrected chi connectivity index (χ2v) is 10.00. The molecule has 0 unspecified atom stereocenters. The maximum Gasteiger partial charge on any atom is 0.320 e. The van der Waals surface area contributed by atoms with Crippen molar-refractivity contribution in [1.29, 1.82) is 0 Å². The zero-order chi connectivity index (χ0) is 32.3. The molecule has 0 aliphatic carbocycles. The summed E-state index contributed by atoms with van der Waals surface area (Å²) in [6, 6.07) is 20.5. The number of carbonyl (C=O) groups is 1. The Kier molecular flexibility index (Phi) is 11.4. The zero-order valence-electron chi connectivity index (χ0n) is 25.3. The van der Waals surface area contributed by atoms with Crippen LogP contribution in [0.25, 0.3) is 27.8 Å². The molecule has 1 atom stereocenters. The number of nitrogens with zero attached hydrogens (tertiary/aromatic N) is 5. The summed E-state index contributed by atoms with van der Waals surface area (Å²) in [6.07, 6.45) is 9.84. The monoisotopic (exact) mass is 615 g/mol. The first-order chi connectivity index (χ1) is 21.8. The highest BCUT2D eigenvalue weighted by Gasteiger charge is 2.26. The van der Waals surface area contributed by atoms with Crippen LogP contribution in [0, 0.1) is 31.4 Å². The number of para-hydroxylation sites is 1. The van der Waals surface area contributed by atoms with E-state index >= 15 is 0 Å². The summed E-state index contributed by atoms with van der Waals surface area (Å²) in [5, 5.41) is 18.1. The maximum absolute atomic E-state index is 13.0. The van der Waals surface area contributed by atoms with Crippen LogP contribution in [0.4, 0.5) is 19.4 Å². The number of hydroxylamine groups is 2. The van der Waals surface area contributed by atoms with Gasteiger partial charge in [-0.05, 0) is 43.3 Å². The molecule has 3 aromatic carbocycles. The fourth-order valence-corrected chi connectivity index (χ4v) is 4.74. The molecule has 45 heavy (non-hydrogen) atoms. The number of hydrogen-bond acceptors (Lipinski definition) is 6. The molecule has 0 saturated carbocycles. The van der Waals surface area contributed by atoms with Crippen molar-refractivity contribution in [3.8, 4) is 29.8 Å². The number of anilines is 1. The maximum atomic E-state index is 13.0. The molecule has 12 heteroatoms. The summed E-state index contributed by atoms with van der Waals surface area (Å²) >= 11 is 0. The number of urea groups is 1. The van der Waals surface area contributed by atoms with Gasteiger partial charge in [0.25, 0.3) is 0 Å². The molecule has 0 bridgehead atoms. The predicted molar refractivity (Wildman–Crippen MR) is 170 cm³/mol. The Bertz CT molecular complexity index is 1720. The van der Waals surface area contributed by atoms with Gasteiger partial charge in [-0.3, -0.25) is 14.8 Å². The van der Waals surface area contributed by atoms with E-state index in [1.807, 2.05) is 67.3 Å². The van der Waals surface area contributed by atoms with E-state index in [0.717, 1.165) is 45.5 Å². The molecule has 1 saturated heterocycles. The first-order valence-corrected chi connectivity index (χ1v) is 14.1. The highest BCUT2D eigenvalue weighted by molar-refractivity contribution is 5.92. The number of methoxy groups -OCH3 is 1. The zero-order valence-corrected chi connectivity index (χ0v) is 25.3. The lowest BCUT2D eigenvalue weighted by Crippen LogP contribution is -2.41. The van der Waals surface area contributed by atoms with Gasteiger partial charge in [0.05, 0.1) is 42.4 Å². The average Bonchev–Trinajstić information content (AvgIpc) is 3.76. The Balaban J connectivity index is 0.000000397. The normalized spacial score (nSPS) is 14.2. The second-order valence-electron chi connectivity index (χ2n) is 10.00. The predicted octanol–water partition coefficient (Wildman–Crippen LogP) is 5.33. The van der Waals surface area contributed by atoms with Crippen molar-refractivity contribution in [2.24, 2.45) is 7.05 Å². The number of benzene rings is 3. The van der Waals surface area contributed by atoms with Crippen molar-refractivity contribution in [2.75, 3.05) is 38.7 Å². The molecule has 1 aliphatic rings. The lowest BCUT2D eigenvalue weighted by molar-refractivity contribution is -0.118. The number of aryl methyl sites for hydroxylation is 1. The topological polar surface area (TPSA) is 98.5 Å². The third kappa shape index (κ3) is 8.10. The van der Waals surface area contributed by atoms with Crippen molar-refractivity contribution in [3.63, 3.8) is 0 Å². The Morgan fingerprint density at radius 1 is 1.07 bits per heavy atom. The molecule has 2 amide bonds. The summed E-state index contributed by atoms with van der Waals surface area (Å²) < 4.78 is 32.6. The van der Waals surface area contributed by atoms with Crippen LogP contribution in [0.3, 0.4) is 0 Å². The minimum atomic E-state index is -0.799. The molecule has 0 spiro atoms. The summed E-state index contributed by atoms with van der Waals surface area (Å²) in [4.78, 5) is 18.6. The molecular formula is C33H35F2N7O3. The number of hydrogen-bond donors (Lipinski definition) is 2. The van der Waals surface area contributed by atoms with Crippen molar-refractivity contribution in [3.05, 3.63) is 96.2 Å². The fraction of sp³-hybridized carbons (Fsp3) is 0.242. The standard InChI is InChI=1S/C25H29N7O3.C6H4F2.C2H2/c1-17-23(18-9-10-22-19(13-18)14-26-30(22)2)29-32(21-7-5-4-6-8-21)24(17)28-25(33)27-20-15-31(35-16-20)11-12-34-3;7-5-3-1-2-4-6(5)8;1-2/h4-10,13-14,20H,11-12,15-16H2,1-3H3,(H2,27,28,33);1-4H;1-2H/t20-;;/m1../s1. The number of nitrogens with one attached hydrogen (secondary N) is 2. The van der Waals surface area contributed by atoms with E-state index in [2.05, 4.69) is 34.6 Å². The summed E-state index contributed by atoms with van der Waals surface area (Å²) in [5.74, 6) is -0.981. The lowest BCUT2D eigenvalue weighted by atomic mass is 10.1. The Labute approximate surface area is 260 Å². The molecule has 234 valence electrons. The molecule has 6 rings (SSSR count). The van der Waals surface area contributed by atoms with Crippen LogP contribution < -0.4 is 10.6 Å². The summed E-state index contributed by atoms with van der Waals surface area (Å²) in [5.41, 5.74) is 4.53. The number of ether oxygens (including phenoxy) is 1. The van der Waals surface area contributed by atoms with Gasteiger partial charge in [-0.2, -0.15) is 15.3 Å². The van der Waals surface area contributed by atoms with E-state index in [-0.39, 0.29) is 12.1 Å². The smallest absolute Gasteiger partial charge is 0.320 e. The summed E-state index contributed by atoms with van der Waals surface area (Å²) in [6.45, 7) is 4.22. The number of rotatable bonds is 7. The highest BCUT2D eigenvalue weighted by Crippen LogP contribution is 2.32. The molecule has 5 aromatic rings. The Morgan fingerprint density at radius 3 is 2.42 bits per heavy atom. The largest absolute Gasteiger partial charge is 0.383 e. The number of aromatic nitrogens is 4. The van der Waals surface area contributed by atoms with Gasteiger partial charge < -0.3 is 10.1 Å². The molecular weight excluding hydrogens is 580 g/mol. The molecule has 1 fully saturated rings. The number of terminal acetylenes is 1. The van der Waals surface area contributed by atoms with Crippen molar-refractivity contribution < 1.29 is 23.1 Å². The first kappa shape index (κ1) is 32.8. The van der Waals surface area contributed by atoms with Crippen molar-refractivity contribution >= 4 is 22.8 Å². The fourth-order valence-electron chi connectivity index (χ4n) is 4.74. The summed E-state index contributed by atoms with van der Waals surface area (Å²) in [7, 11) is 3.57. The van der Waals surface area contributed by atoms with Gasteiger partial charge in [-0.1, -0.05) is 36.4 Å². The molecule has 3 heterocycles. The number of carbonyl (C=O) groups excluding carboxylic acids is 1. The van der Waals surface area contributed by atoms with Gasteiger partial charge in [-0.25, -0.2) is 18.3 Å². The molecule has 2 N–H and O–H groups in total. The molecule has 0 radical (unpaired) electrons. The van der Waals surface area contributed by atoms with E-state index < -0.39 is 11.6 Å². The first-order valence-electron chi connectivity index (χ1n) is 14.1. The van der Waals surface area contributed by atoms with Gasteiger partial charge in [-0.15, -0.1) is 12.8 Å². The molecule has 2 aromatic heterocycles. The quantitative estimate of drug-likeness (QED) is 0.240. The van der Waals surface area contributed by atoms with E-state index in [0.29, 0.717) is 32.1 Å². The van der Waals surface area contributed by atoms with Crippen LogP contribution >= 0.6 is 0 Å². The third-order valence-electron chi connectivity index (χ3n) is 6.96. The minimum absolute atomic E-state index is 0.118. The highest BCUT2D eigenvalue weighted by atomic mass is 19.2. The van der Waals surface area contributed by atoms with E-state index in [1.54, 1.807) is 16.9 Å². The van der Waals surface area contributed by atoms with Gasteiger partial charge in [0.2, 0.25) is 0 Å². The van der Waals surface area contributed by atoms with Crippen LogP contribution in [0.1, 0.15) is 5.56 Å². The lowest BCUT2D eigenvalue weighted by Gasteiger charge is -2.15.